The Morgan fingerprint density at radius 2 is 2.07 bits per heavy atom. The maximum absolute atomic E-state index is 11.9. The summed E-state index contributed by atoms with van der Waals surface area (Å²) in [5, 5.41) is 0. The Bertz CT molecular complexity index is 1100. The maximum Gasteiger partial charge on any atom is 0.248 e. The molecule has 0 spiro atoms. The number of aliphatic imine (C=N–C) groups is 1. The van der Waals surface area contributed by atoms with Crippen LogP contribution in [0.3, 0.4) is 0 Å². The van der Waals surface area contributed by atoms with Gasteiger partial charge in [0.2, 0.25) is 5.56 Å². The highest BCUT2D eigenvalue weighted by atomic mass is 16.1. The van der Waals surface area contributed by atoms with E-state index in [2.05, 4.69) is 68.2 Å². The molecule has 3 nitrogen and oxygen atoms in total. The molecule has 1 N–H and O–H groups in total. The molecule has 0 saturated heterocycles. The van der Waals surface area contributed by atoms with Crippen LogP contribution < -0.4 is 5.56 Å². The van der Waals surface area contributed by atoms with E-state index in [1.807, 2.05) is 18.4 Å². The zero-order valence-corrected chi connectivity index (χ0v) is 17.4. The number of aromatic nitrogens is 1. The van der Waals surface area contributed by atoms with E-state index in [1.54, 1.807) is 6.07 Å². The Kier molecular flexibility index (Phi) is 5.23. The van der Waals surface area contributed by atoms with Crippen LogP contribution >= 0.6 is 0 Å². The summed E-state index contributed by atoms with van der Waals surface area (Å²) in [6, 6.07) is 12.1. The van der Waals surface area contributed by atoms with Crippen molar-refractivity contribution in [2.24, 2.45) is 10.9 Å². The van der Waals surface area contributed by atoms with Gasteiger partial charge < -0.3 is 4.98 Å². The number of fused-ring (bicyclic) bond motifs is 4. The molecule has 0 fully saturated rings. The van der Waals surface area contributed by atoms with Gasteiger partial charge in [0.15, 0.2) is 0 Å². The molecule has 1 aromatic carbocycles. The summed E-state index contributed by atoms with van der Waals surface area (Å²) in [5.74, 6) is 0.293. The summed E-state index contributed by atoms with van der Waals surface area (Å²) < 4.78 is 0. The number of rotatable bonds is 4. The number of nitrogens with one attached hydrogen (secondary N) is 1. The Morgan fingerprint density at radius 1 is 1.24 bits per heavy atom. The Morgan fingerprint density at radius 3 is 2.86 bits per heavy atom. The highest BCUT2D eigenvalue weighted by Crippen LogP contribution is 2.51. The maximum atomic E-state index is 11.9. The van der Waals surface area contributed by atoms with Crippen LogP contribution in [0.5, 0.6) is 0 Å². The summed E-state index contributed by atoms with van der Waals surface area (Å²) in [6.45, 7) is 6.47. The minimum absolute atomic E-state index is 0.0401. The van der Waals surface area contributed by atoms with E-state index in [0.717, 1.165) is 30.5 Å². The molecule has 29 heavy (non-hydrogen) atoms. The van der Waals surface area contributed by atoms with Crippen molar-refractivity contribution in [1.29, 1.82) is 0 Å². The monoisotopic (exact) mass is 384 g/mol. The predicted molar refractivity (Wildman–Crippen MR) is 121 cm³/mol. The molecule has 1 heterocycles. The second kappa shape index (κ2) is 7.82. The molecule has 0 aliphatic heterocycles. The lowest BCUT2D eigenvalue weighted by molar-refractivity contribution is 0.413. The second-order valence-electron chi connectivity index (χ2n) is 8.01. The molecule has 2 bridgehead atoms. The zero-order chi connectivity index (χ0) is 20.4. The van der Waals surface area contributed by atoms with Crippen molar-refractivity contribution >= 4 is 12.3 Å². The van der Waals surface area contributed by atoms with Crippen LogP contribution in [0.2, 0.25) is 0 Å². The number of pyridine rings is 1. The fourth-order valence-electron chi connectivity index (χ4n) is 4.99. The number of aryl methyl sites for hydroxylation is 1. The van der Waals surface area contributed by atoms with Crippen molar-refractivity contribution in [3.8, 4) is 0 Å². The largest absolute Gasteiger partial charge is 0.326 e. The van der Waals surface area contributed by atoms with Gasteiger partial charge >= 0.3 is 0 Å². The predicted octanol–water partition coefficient (Wildman–Crippen LogP) is 5.39. The number of allylic oxidation sites excluding steroid dienone is 3. The summed E-state index contributed by atoms with van der Waals surface area (Å²) in [4.78, 5) is 20.1. The van der Waals surface area contributed by atoms with Crippen LogP contribution in [0, 0.1) is 5.92 Å². The minimum atomic E-state index is -0.426. The molecule has 3 heteroatoms. The van der Waals surface area contributed by atoms with Crippen molar-refractivity contribution in [1.82, 2.24) is 4.98 Å². The van der Waals surface area contributed by atoms with Crippen molar-refractivity contribution in [2.75, 3.05) is 0 Å². The molecule has 4 rings (SSSR count). The topological polar surface area (TPSA) is 45.2 Å². The third kappa shape index (κ3) is 3.46. The van der Waals surface area contributed by atoms with E-state index in [-0.39, 0.29) is 5.56 Å². The van der Waals surface area contributed by atoms with Gasteiger partial charge in [0.05, 0.1) is 0 Å². The average Bonchev–Trinajstić information content (AvgIpc) is 2.70. The zero-order valence-electron chi connectivity index (χ0n) is 17.4. The van der Waals surface area contributed by atoms with Gasteiger partial charge in [-0.3, -0.25) is 9.79 Å². The van der Waals surface area contributed by atoms with E-state index in [9.17, 15) is 4.79 Å². The number of hydrogen-bond donors (Lipinski definition) is 1. The molecule has 0 amide bonds. The van der Waals surface area contributed by atoms with Crippen LogP contribution in [-0.4, -0.2) is 11.2 Å². The lowest BCUT2D eigenvalue weighted by Crippen LogP contribution is -2.40. The van der Waals surface area contributed by atoms with Crippen molar-refractivity contribution in [3.63, 3.8) is 0 Å². The number of nitrogens with zero attached hydrogens (tertiary/aromatic N) is 1. The van der Waals surface area contributed by atoms with Crippen LogP contribution in [0.4, 0.5) is 0 Å². The van der Waals surface area contributed by atoms with E-state index in [0.29, 0.717) is 5.92 Å². The van der Waals surface area contributed by atoms with Gasteiger partial charge in [-0.25, -0.2) is 0 Å². The smallest absolute Gasteiger partial charge is 0.248 e. The highest BCUT2D eigenvalue weighted by molar-refractivity contribution is 5.80. The third-order valence-electron chi connectivity index (χ3n) is 6.17. The van der Waals surface area contributed by atoms with Crippen molar-refractivity contribution in [2.45, 2.75) is 45.6 Å². The fourth-order valence-corrected chi connectivity index (χ4v) is 4.99. The van der Waals surface area contributed by atoms with E-state index in [1.165, 1.54) is 22.3 Å². The first-order chi connectivity index (χ1) is 14.1. The molecule has 2 aliphatic rings. The van der Waals surface area contributed by atoms with E-state index in [4.69, 9.17) is 4.99 Å². The second-order valence-corrected chi connectivity index (χ2v) is 8.01. The quantitative estimate of drug-likeness (QED) is 0.558. The first kappa shape index (κ1) is 19.4. The molecule has 2 atom stereocenters. The fraction of sp³-hybridized carbons (Fsp3) is 0.308. The summed E-state index contributed by atoms with van der Waals surface area (Å²) in [5.41, 5.74) is 6.95. The van der Waals surface area contributed by atoms with Crippen LogP contribution in [0.15, 0.2) is 75.6 Å². The number of H-pyrrole nitrogens is 1. The first-order valence-corrected chi connectivity index (χ1v) is 10.4. The summed E-state index contributed by atoms with van der Waals surface area (Å²) in [7, 11) is 0. The lowest BCUT2D eigenvalue weighted by atomic mass is 9.63. The van der Waals surface area contributed by atoms with Gasteiger partial charge in [-0.2, -0.15) is 0 Å². The molecule has 1 aromatic heterocycles. The Balaban J connectivity index is 1.77. The normalized spacial score (nSPS) is 24.9. The molecule has 2 aliphatic carbocycles. The van der Waals surface area contributed by atoms with Gasteiger partial charge in [0.25, 0.3) is 0 Å². The summed E-state index contributed by atoms with van der Waals surface area (Å²) >= 11 is 0. The van der Waals surface area contributed by atoms with Crippen LogP contribution in [0.1, 0.15) is 49.6 Å². The molecular weight excluding hydrogens is 356 g/mol. The third-order valence-corrected chi connectivity index (χ3v) is 6.17. The van der Waals surface area contributed by atoms with Crippen LogP contribution in [-0.2, 0) is 18.4 Å². The first-order valence-electron chi connectivity index (χ1n) is 10.4. The SMILES string of the molecule is C/C=C1\C2C=C(C)CC1(N=C/C=C/c1ccccc1CC)c1ccc(=O)[nH]c1C2. The highest BCUT2D eigenvalue weighted by Gasteiger charge is 2.46. The molecule has 148 valence electrons. The van der Waals surface area contributed by atoms with Crippen molar-refractivity contribution in [3.05, 3.63) is 98.5 Å². The van der Waals surface area contributed by atoms with Gasteiger partial charge in [0.1, 0.15) is 5.54 Å². The van der Waals surface area contributed by atoms with Crippen molar-refractivity contribution < 1.29 is 0 Å². The van der Waals surface area contributed by atoms with E-state index < -0.39 is 5.54 Å². The lowest BCUT2D eigenvalue weighted by Gasteiger charge is -2.45. The average molecular weight is 385 g/mol. The Labute approximate surface area is 172 Å². The number of benzene rings is 1. The van der Waals surface area contributed by atoms with Gasteiger partial charge in [-0.15, -0.1) is 0 Å². The Hall–Kier alpha value is -2.94. The molecule has 2 unspecified atom stereocenters. The van der Waals surface area contributed by atoms with Gasteiger partial charge in [-0.05, 0) is 55.5 Å². The number of hydrogen-bond acceptors (Lipinski definition) is 2. The minimum Gasteiger partial charge on any atom is -0.326 e. The molecular formula is C26H28N2O. The summed E-state index contributed by atoms with van der Waals surface area (Å²) in [6.07, 6.45) is 13.4. The van der Waals surface area contributed by atoms with Crippen LogP contribution in [0.25, 0.3) is 6.08 Å². The molecule has 0 saturated carbocycles. The standard InChI is InChI=1S/C26H28N2O/c1-4-19-9-6-7-10-20(19)11-8-14-27-26-17-18(3)15-21(22(26)5-2)16-24-23(26)12-13-25(29)28-24/h5-15,21H,4,16-17H2,1-3H3,(H,28,29)/b11-8+,22-5+,27-14?. The molecule has 2 aromatic rings. The van der Waals surface area contributed by atoms with Gasteiger partial charge in [-0.1, -0.05) is 55.0 Å². The number of aromatic amines is 1. The molecule has 0 radical (unpaired) electrons. The van der Waals surface area contributed by atoms with Gasteiger partial charge in [0, 0.05) is 35.9 Å². The van der Waals surface area contributed by atoms with E-state index >= 15 is 0 Å².